The number of ether oxygens (including phenoxy) is 1. The number of hydrogen-bond acceptors (Lipinski definition) is 4. The lowest BCUT2D eigenvalue weighted by Gasteiger charge is -2.33. The maximum atomic E-state index is 12.4. The predicted molar refractivity (Wildman–Crippen MR) is 105 cm³/mol. The van der Waals surface area contributed by atoms with Gasteiger partial charge in [-0.3, -0.25) is 9.69 Å². The first-order valence-electron chi connectivity index (χ1n) is 9.95. The summed E-state index contributed by atoms with van der Waals surface area (Å²) in [6.07, 6.45) is 2.02. The zero-order valence-corrected chi connectivity index (χ0v) is 16.4. The summed E-state index contributed by atoms with van der Waals surface area (Å²) in [7, 11) is 0. The summed E-state index contributed by atoms with van der Waals surface area (Å²) in [6, 6.07) is 10.4. The molecule has 1 N–H and O–H groups in total. The fourth-order valence-electron chi connectivity index (χ4n) is 3.45. The lowest BCUT2D eigenvalue weighted by molar-refractivity contribution is -0.122. The van der Waals surface area contributed by atoms with Crippen molar-refractivity contribution in [3.05, 3.63) is 35.9 Å². The van der Waals surface area contributed by atoms with Crippen molar-refractivity contribution < 1.29 is 14.3 Å². The zero-order chi connectivity index (χ0) is 19.3. The summed E-state index contributed by atoms with van der Waals surface area (Å²) in [5, 5.41) is 3.11. The van der Waals surface area contributed by atoms with Crippen LogP contribution in [0.25, 0.3) is 0 Å². The van der Waals surface area contributed by atoms with E-state index in [1.54, 1.807) is 4.90 Å². The van der Waals surface area contributed by atoms with E-state index in [0.29, 0.717) is 51.8 Å². The van der Waals surface area contributed by atoms with E-state index in [1.807, 2.05) is 19.9 Å². The molecular formula is C21H31N3O3. The number of benzene rings is 1. The van der Waals surface area contributed by atoms with Crippen molar-refractivity contribution >= 4 is 12.0 Å². The van der Waals surface area contributed by atoms with Crippen molar-refractivity contribution in [2.75, 3.05) is 45.9 Å². The molecule has 0 unspecified atom stereocenters. The highest BCUT2D eigenvalue weighted by Crippen LogP contribution is 2.47. The minimum Gasteiger partial charge on any atom is -0.449 e. The molecule has 27 heavy (non-hydrogen) atoms. The Balaban J connectivity index is 1.37. The molecule has 1 aliphatic heterocycles. The van der Waals surface area contributed by atoms with Crippen LogP contribution in [0.5, 0.6) is 0 Å². The molecule has 0 bridgehead atoms. The Morgan fingerprint density at radius 1 is 1.11 bits per heavy atom. The van der Waals surface area contributed by atoms with Gasteiger partial charge < -0.3 is 15.0 Å². The predicted octanol–water partition coefficient (Wildman–Crippen LogP) is 2.24. The van der Waals surface area contributed by atoms with Crippen molar-refractivity contribution in [1.29, 1.82) is 0 Å². The monoisotopic (exact) mass is 373 g/mol. The summed E-state index contributed by atoms with van der Waals surface area (Å²) in [4.78, 5) is 28.2. The molecule has 1 aromatic carbocycles. The van der Waals surface area contributed by atoms with Gasteiger partial charge >= 0.3 is 6.09 Å². The fraction of sp³-hybridized carbons (Fsp3) is 0.619. The zero-order valence-electron chi connectivity index (χ0n) is 16.4. The second-order valence-electron chi connectivity index (χ2n) is 8.16. The number of carbonyl (C=O) groups excluding carboxylic acids is 2. The molecule has 1 aliphatic carbocycles. The first-order valence-corrected chi connectivity index (χ1v) is 9.95. The third-order valence-corrected chi connectivity index (χ3v) is 5.40. The van der Waals surface area contributed by atoms with Crippen LogP contribution >= 0.6 is 0 Å². The summed E-state index contributed by atoms with van der Waals surface area (Å²) < 4.78 is 5.27. The van der Waals surface area contributed by atoms with E-state index in [9.17, 15) is 9.59 Å². The minimum atomic E-state index is -0.244. The Morgan fingerprint density at radius 2 is 1.78 bits per heavy atom. The van der Waals surface area contributed by atoms with Crippen LogP contribution in [0.2, 0.25) is 0 Å². The van der Waals surface area contributed by atoms with Crippen LogP contribution < -0.4 is 5.32 Å². The molecule has 1 saturated carbocycles. The maximum absolute atomic E-state index is 12.4. The van der Waals surface area contributed by atoms with Crippen molar-refractivity contribution in [2.24, 2.45) is 5.92 Å². The van der Waals surface area contributed by atoms with Crippen LogP contribution in [0.1, 0.15) is 32.3 Å². The molecule has 0 spiro atoms. The van der Waals surface area contributed by atoms with Gasteiger partial charge in [-0.05, 0) is 24.3 Å². The molecule has 1 aromatic rings. The van der Waals surface area contributed by atoms with Gasteiger partial charge in [0.25, 0.3) is 0 Å². The smallest absolute Gasteiger partial charge is 0.409 e. The van der Waals surface area contributed by atoms with Crippen LogP contribution in [0.15, 0.2) is 30.3 Å². The first kappa shape index (κ1) is 19.7. The molecule has 148 valence electrons. The molecule has 2 fully saturated rings. The van der Waals surface area contributed by atoms with Crippen molar-refractivity contribution in [3.8, 4) is 0 Å². The van der Waals surface area contributed by atoms with Gasteiger partial charge in [0.1, 0.15) is 0 Å². The largest absolute Gasteiger partial charge is 0.449 e. The van der Waals surface area contributed by atoms with E-state index < -0.39 is 0 Å². The molecule has 0 aromatic heterocycles. The number of piperazine rings is 1. The summed E-state index contributed by atoms with van der Waals surface area (Å²) in [5.41, 5.74) is 1.45. The van der Waals surface area contributed by atoms with Crippen LogP contribution in [0, 0.1) is 5.92 Å². The second kappa shape index (κ2) is 8.74. The average Bonchev–Trinajstić information content (AvgIpc) is 3.47. The first-order chi connectivity index (χ1) is 13.0. The van der Waals surface area contributed by atoms with E-state index in [0.717, 1.165) is 12.8 Å². The standard InChI is InChI=1S/C21H31N3O3/c1-17(2)15-27-20(26)24-12-10-23(11-13-24)14-19(25)22-16-21(8-9-21)18-6-4-3-5-7-18/h3-7,17H,8-16H2,1-2H3,(H,22,25). The Bertz CT molecular complexity index is 635. The second-order valence-corrected chi connectivity index (χ2v) is 8.16. The maximum Gasteiger partial charge on any atom is 0.409 e. The van der Waals surface area contributed by atoms with E-state index in [-0.39, 0.29) is 17.4 Å². The normalized spacial score (nSPS) is 19.0. The minimum absolute atomic E-state index is 0.0630. The highest BCUT2D eigenvalue weighted by molar-refractivity contribution is 5.78. The summed E-state index contributed by atoms with van der Waals surface area (Å²) in [6.45, 7) is 8.21. The molecular weight excluding hydrogens is 342 g/mol. The molecule has 6 nitrogen and oxygen atoms in total. The van der Waals surface area contributed by atoms with Crippen molar-refractivity contribution in [2.45, 2.75) is 32.1 Å². The Hall–Kier alpha value is -2.08. The van der Waals surface area contributed by atoms with E-state index >= 15 is 0 Å². The Kier molecular flexibility index (Phi) is 6.37. The SMILES string of the molecule is CC(C)COC(=O)N1CCN(CC(=O)NCC2(c3ccccc3)CC2)CC1. The number of rotatable bonds is 7. The Labute approximate surface area is 161 Å². The third-order valence-electron chi connectivity index (χ3n) is 5.40. The van der Waals surface area contributed by atoms with Gasteiger partial charge in [-0.2, -0.15) is 0 Å². The average molecular weight is 373 g/mol. The van der Waals surface area contributed by atoms with Crippen molar-refractivity contribution in [3.63, 3.8) is 0 Å². The molecule has 3 rings (SSSR count). The van der Waals surface area contributed by atoms with Gasteiger partial charge in [0.05, 0.1) is 13.2 Å². The molecule has 0 radical (unpaired) electrons. The van der Waals surface area contributed by atoms with Crippen LogP contribution in [0.4, 0.5) is 4.79 Å². The quantitative estimate of drug-likeness (QED) is 0.796. The number of carbonyl (C=O) groups is 2. The molecule has 2 aliphatic rings. The lowest BCUT2D eigenvalue weighted by atomic mass is 9.96. The van der Waals surface area contributed by atoms with Crippen molar-refractivity contribution in [1.82, 2.24) is 15.1 Å². The molecule has 0 atom stereocenters. The number of hydrogen-bond donors (Lipinski definition) is 1. The Morgan fingerprint density at radius 3 is 2.37 bits per heavy atom. The van der Waals surface area contributed by atoms with Gasteiger partial charge in [0.2, 0.25) is 5.91 Å². The summed E-state index contributed by atoms with van der Waals surface area (Å²) >= 11 is 0. The van der Waals surface area contributed by atoms with Gasteiger partial charge in [-0.25, -0.2) is 4.79 Å². The van der Waals surface area contributed by atoms with Gasteiger partial charge in [-0.1, -0.05) is 44.2 Å². The molecule has 1 heterocycles. The lowest BCUT2D eigenvalue weighted by Crippen LogP contribution is -2.51. The van der Waals surface area contributed by atoms with Gasteiger partial charge in [-0.15, -0.1) is 0 Å². The van der Waals surface area contributed by atoms with Gasteiger partial charge in [0.15, 0.2) is 0 Å². The number of amides is 2. The van der Waals surface area contributed by atoms with Crippen LogP contribution in [0.3, 0.4) is 0 Å². The highest BCUT2D eigenvalue weighted by atomic mass is 16.6. The summed E-state index contributed by atoms with van der Waals surface area (Å²) in [5.74, 6) is 0.401. The fourth-order valence-corrected chi connectivity index (χ4v) is 3.45. The van der Waals surface area contributed by atoms with Crippen LogP contribution in [-0.4, -0.2) is 67.7 Å². The van der Waals surface area contributed by atoms with Gasteiger partial charge in [0, 0.05) is 38.1 Å². The number of nitrogens with zero attached hydrogens (tertiary/aromatic N) is 2. The van der Waals surface area contributed by atoms with E-state index in [4.69, 9.17) is 4.74 Å². The molecule has 1 saturated heterocycles. The highest BCUT2D eigenvalue weighted by Gasteiger charge is 2.44. The van der Waals surface area contributed by atoms with E-state index in [2.05, 4.69) is 34.5 Å². The topological polar surface area (TPSA) is 61.9 Å². The van der Waals surface area contributed by atoms with E-state index in [1.165, 1.54) is 5.56 Å². The van der Waals surface area contributed by atoms with Crippen LogP contribution in [-0.2, 0) is 14.9 Å². The molecule has 6 heteroatoms. The third kappa shape index (κ3) is 5.45. The molecule has 2 amide bonds. The number of nitrogens with one attached hydrogen (secondary N) is 1.